The van der Waals surface area contributed by atoms with Gasteiger partial charge < -0.3 is 9.47 Å². The van der Waals surface area contributed by atoms with E-state index in [1.54, 1.807) is 44.2 Å². The van der Waals surface area contributed by atoms with Gasteiger partial charge in [0.05, 0.1) is 5.56 Å². The first kappa shape index (κ1) is 24.6. The number of rotatable bonds is 8. The van der Waals surface area contributed by atoms with Crippen LogP contribution in [-0.4, -0.2) is 17.5 Å². The second-order valence-electron chi connectivity index (χ2n) is 9.84. The third-order valence-corrected chi connectivity index (χ3v) is 6.31. The van der Waals surface area contributed by atoms with Crippen LogP contribution in [0, 0.1) is 0 Å². The van der Waals surface area contributed by atoms with Crippen LogP contribution in [0.5, 0.6) is 5.75 Å². The van der Waals surface area contributed by atoms with Crippen LogP contribution >= 0.6 is 0 Å². The second-order valence-corrected chi connectivity index (χ2v) is 9.84. The lowest BCUT2D eigenvalue weighted by atomic mass is 9.76. The molecular weight excluding hydrogens is 388 g/mol. The van der Waals surface area contributed by atoms with Crippen molar-refractivity contribution in [3.05, 3.63) is 65.2 Å². The van der Waals surface area contributed by atoms with Gasteiger partial charge in [-0.05, 0) is 61.3 Å². The summed E-state index contributed by atoms with van der Waals surface area (Å²) in [5.41, 5.74) is 1.17. The number of benzene rings is 2. The highest BCUT2D eigenvalue weighted by Gasteiger charge is 2.36. The van der Waals surface area contributed by atoms with E-state index >= 15 is 0 Å². The molecule has 168 valence electrons. The highest BCUT2D eigenvalue weighted by Crippen LogP contribution is 2.39. The molecule has 2 aromatic rings. The number of hydrogen-bond acceptors (Lipinski definition) is 4. The summed E-state index contributed by atoms with van der Waals surface area (Å²) in [4.78, 5) is 25.1. The van der Waals surface area contributed by atoms with Crippen LogP contribution < -0.4 is 4.74 Å². The van der Waals surface area contributed by atoms with Gasteiger partial charge in [-0.2, -0.15) is 0 Å². The second kappa shape index (κ2) is 9.25. The molecule has 0 aliphatic rings. The van der Waals surface area contributed by atoms with E-state index in [1.165, 1.54) is 5.56 Å². The molecule has 0 aromatic heterocycles. The van der Waals surface area contributed by atoms with Gasteiger partial charge in [-0.1, -0.05) is 71.9 Å². The molecule has 2 aromatic carbocycles. The van der Waals surface area contributed by atoms with Crippen LogP contribution in [0.2, 0.25) is 0 Å². The molecule has 0 heterocycles. The number of carbonyl (C=O) groups excluding carboxylic acids is 2. The maximum Gasteiger partial charge on any atom is 0.357 e. The fourth-order valence-corrected chi connectivity index (χ4v) is 3.12. The minimum atomic E-state index is -1.33. The molecule has 0 fully saturated rings. The zero-order valence-corrected chi connectivity index (χ0v) is 20.2. The lowest BCUT2D eigenvalue weighted by molar-refractivity contribution is -0.153. The summed E-state index contributed by atoms with van der Waals surface area (Å²) < 4.78 is 11.3. The quantitative estimate of drug-likeness (QED) is 0.354. The molecule has 0 unspecified atom stereocenters. The maximum absolute atomic E-state index is 12.8. The van der Waals surface area contributed by atoms with Gasteiger partial charge in [-0.15, -0.1) is 0 Å². The number of hydrogen-bond donors (Lipinski definition) is 0. The molecule has 0 radical (unpaired) electrons. The summed E-state index contributed by atoms with van der Waals surface area (Å²) in [5, 5.41) is 0. The molecule has 0 aliphatic carbocycles. The molecule has 0 atom stereocenters. The Balaban J connectivity index is 2.34. The van der Waals surface area contributed by atoms with E-state index in [0.717, 1.165) is 18.4 Å². The van der Waals surface area contributed by atoms with Crippen molar-refractivity contribution in [2.24, 2.45) is 0 Å². The normalized spacial score (nSPS) is 12.4. The summed E-state index contributed by atoms with van der Waals surface area (Å²) in [6, 6.07) is 14.7. The molecule has 0 amide bonds. The summed E-state index contributed by atoms with van der Waals surface area (Å²) in [5.74, 6) is -0.771. The van der Waals surface area contributed by atoms with Crippen LogP contribution in [0.25, 0.3) is 0 Å². The smallest absolute Gasteiger partial charge is 0.357 e. The zero-order chi connectivity index (χ0) is 23.4. The standard InChI is InChI=1S/C27H36O4/c1-9-25(3,4)20-16-17-22(21(18-20)26(5,6)10-2)31-27(7,8)24(29)30-23(28)19-14-12-11-13-15-19/h11-18H,9-10H2,1-8H3. The number of carbonyl (C=O) groups is 2. The maximum atomic E-state index is 12.8. The van der Waals surface area contributed by atoms with Crippen LogP contribution in [0.1, 0.15) is 89.7 Å². The Morgan fingerprint density at radius 2 is 1.39 bits per heavy atom. The first-order chi connectivity index (χ1) is 14.3. The molecule has 0 saturated heterocycles. The van der Waals surface area contributed by atoms with Crippen LogP contribution in [0.15, 0.2) is 48.5 Å². The molecule has 31 heavy (non-hydrogen) atoms. The zero-order valence-electron chi connectivity index (χ0n) is 20.2. The van der Waals surface area contributed by atoms with Crippen LogP contribution in [0.3, 0.4) is 0 Å². The Kier molecular flexibility index (Phi) is 7.36. The van der Waals surface area contributed by atoms with E-state index in [4.69, 9.17) is 9.47 Å². The molecule has 0 aliphatic heterocycles. The average molecular weight is 425 g/mol. The van der Waals surface area contributed by atoms with Crippen molar-refractivity contribution in [3.63, 3.8) is 0 Å². The van der Waals surface area contributed by atoms with Gasteiger partial charge in [-0.3, -0.25) is 0 Å². The summed E-state index contributed by atoms with van der Waals surface area (Å²) in [6.45, 7) is 16.4. The van der Waals surface area contributed by atoms with Crippen molar-refractivity contribution in [2.75, 3.05) is 0 Å². The molecule has 2 rings (SSSR count). The van der Waals surface area contributed by atoms with E-state index in [1.807, 2.05) is 6.07 Å². The largest absolute Gasteiger partial charge is 0.476 e. The van der Waals surface area contributed by atoms with Crippen molar-refractivity contribution in [3.8, 4) is 5.75 Å². The third-order valence-electron chi connectivity index (χ3n) is 6.31. The van der Waals surface area contributed by atoms with Gasteiger partial charge in [0.15, 0.2) is 0 Å². The first-order valence-corrected chi connectivity index (χ1v) is 11.0. The Morgan fingerprint density at radius 3 is 1.94 bits per heavy atom. The van der Waals surface area contributed by atoms with Crippen molar-refractivity contribution < 1.29 is 19.1 Å². The van der Waals surface area contributed by atoms with E-state index in [2.05, 4.69) is 53.7 Å². The average Bonchev–Trinajstić information content (AvgIpc) is 2.74. The fraction of sp³-hybridized carbons (Fsp3) is 0.481. The third kappa shape index (κ3) is 5.75. The van der Waals surface area contributed by atoms with Crippen molar-refractivity contribution in [1.29, 1.82) is 0 Å². The lowest BCUT2D eigenvalue weighted by Crippen LogP contribution is -2.41. The molecule has 0 saturated carbocycles. The molecule has 4 heteroatoms. The Hall–Kier alpha value is -2.62. The van der Waals surface area contributed by atoms with Gasteiger partial charge in [0.1, 0.15) is 5.75 Å². The number of ether oxygens (including phenoxy) is 2. The lowest BCUT2D eigenvalue weighted by Gasteiger charge is -2.33. The van der Waals surface area contributed by atoms with Gasteiger partial charge in [0, 0.05) is 5.56 Å². The van der Waals surface area contributed by atoms with Crippen LogP contribution in [-0.2, 0) is 20.4 Å². The summed E-state index contributed by atoms with van der Waals surface area (Å²) in [6.07, 6.45) is 1.93. The van der Waals surface area contributed by atoms with Crippen molar-refractivity contribution in [1.82, 2.24) is 0 Å². The van der Waals surface area contributed by atoms with E-state index in [-0.39, 0.29) is 10.8 Å². The molecule has 0 N–H and O–H groups in total. The van der Waals surface area contributed by atoms with Gasteiger partial charge in [0.2, 0.25) is 5.60 Å². The topological polar surface area (TPSA) is 52.6 Å². The minimum Gasteiger partial charge on any atom is -0.476 e. The van der Waals surface area contributed by atoms with Gasteiger partial charge in [0.25, 0.3) is 0 Å². The Morgan fingerprint density at radius 1 is 0.806 bits per heavy atom. The predicted molar refractivity (Wildman–Crippen MR) is 125 cm³/mol. The number of esters is 2. The van der Waals surface area contributed by atoms with Crippen LogP contribution in [0.4, 0.5) is 0 Å². The fourth-order valence-electron chi connectivity index (χ4n) is 3.12. The van der Waals surface area contributed by atoms with Gasteiger partial charge >= 0.3 is 11.9 Å². The van der Waals surface area contributed by atoms with Crippen molar-refractivity contribution in [2.45, 2.75) is 84.7 Å². The Labute approximate surface area is 187 Å². The minimum absolute atomic E-state index is 0.0354. The van der Waals surface area contributed by atoms with E-state index in [9.17, 15) is 9.59 Å². The predicted octanol–water partition coefficient (Wildman–Crippen LogP) is 6.60. The molecule has 0 bridgehead atoms. The highest BCUT2D eigenvalue weighted by atomic mass is 16.6. The first-order valence-electron chi connectivity index (χ1n) is 11.0. The Bertz CT molecular complexity index is 924. The summed E-state index contributed by atoms with van der Waals surface area (Å²) >= 11 is 0. The van der Waals surface area contributed by atoms with Gasteiger partial charge in [-0.25, -0.2) is 9.59 Å². The molecule has 0 spiro atoms. The van der Waals surface area contributed by atoms with E-state index < -0.39 is 17.5 Å². The SMILES string of the molecule is CCC(C)(C)c1ccc(OC(C)(C)C(=O)OC(=O)c2ccccc2)c(C(C)(C)CC)c1. The highest BCUT2D eigenvalue weighted by molar-refractivity contribution is 5.98. The van der Waals surface area contributed by atoms with Crippen molar-refractivity contribution >= 4 is 11.9 Å². The van der Waals surface area contributed by atoms with E-state index in [0.29, 0.717) is 11.3 Å². The molecule has 4 nitrogen and oxygen atoms in total. The monoisotopic (exact) mass is 424 g/mol. The summed E-state index contributed by atoms with van der Waals surface area (Å²) in [7, 11) is 0. The molecular formula is C27H36O4.